The molecular weight excluding hydrogens is 182 g/mol. The minimum atomic E-state index is -0.231. The zero-order valence-electron chi connectivity index (χ0n) is 8.90. The Morgan fingerprint density at radius 3 is 2.86 bits per heavy atom. The van der Waals surface area contributed by atoms with E-state index in [2.05, 4.69) is 11.8 Å². The molecule has 0 saturated carbocycles. The molecule has 82 valence electrons. The molecule has 2 atom stereocenters. The van der Waals surface area contributed by atoms with E-state index in [0.29, 0.717) is 0 Å². The van der Waals surface area contributed by atoms with E-state index in [0.717, 1.165) is 25.9 Å². The van der Waals surface area contributed by atoms with Crippen molar-refractivity contribution in [3.05, 3.63) is 0 Å². The molecule has 0 amide bonds. The Balaban J connectivity index is 2.43. The number of esters is 1. The Labute approximate surface area is 84.8 Å². The molecule has 1 saturated heterocycles. The quantitative estimate of drug-likeness (QED) is 0.669. The second kappa shape index (κ2) is 5.32. The number of nitrogens with zero attached hydrogens (tertiary/aromatic N) is 1. The van der Waals surface area contributed by atoms with Crippen LogP contribution < -0.4 is 0 Å². The Hall–Kier alpha value is -0.610. The van der Waals surface area contributed by atoms with Crippen LogP contribution in [0.1, 0.15) is 26.7 Å². The fraction of sp³-hybridized carbons (Fsp3) is 0.900. The lowest BCUT2D eigenvalue weighted by molar-refractivity contribution is -0.145. The molecule has 1 fully saturated rings. The highest BCUT2D eigenvalue weighted by atomic mass is 16.5. The highest BCUT2D eigenvalue weighted by molar-refractivity contribution is 5.66. The summed E-state index contributed by atoms with van der Waals surface area (Å²) >= 11 is 0. The van der Waals surface area contributed by atoms with E-state index >= 15 is 0 Å². The maximum Gasteiger partial charge on any atom is 0.302 e. The summed E-state index contributed by atoms with van der Waals surface area (Å²) in [4.78, 5) is 12.9. The van der Waals surface area contributed by atoms with E-state index in [4.69, 9.17) is 9.84 Å². The summed E-state index contributed by atoms with van der Waals surface area (Å²) in [5.74, 6) is -0.231. The largest absolute Gasteiger partial charge is 0.461 e. The van der Waals surface area contributed by atoms with Gasteiger partial charge in [0.1, 0.15) is 6.10 Å². The van der Waals surface area contributed by atoms with Crippen LogP contribution in [0.5, 0.6) is 0 Å². The van der Waals surface area contributed by atoms with Gasteiger partial charge < -0.3 is 9.84 Å². The Morgan fingerprint density at radius 2 is 2.36 bits per heavy atom. The minimum absolute atomic E-state index is 0.0313. The third kappa shape index (κ3) is 2.96. The number of aliphatic hydroxyl groups excluding tert-OH is 1. The van der Waals surface area contributed by atoms with E-state index in [1.54, 1.807) is 0 Å². The van der Waals surface area contributed by atoms with Crippen LogP contribution in [0, 0.1) is 0 Å². The fourth-order valence-corrected chi connectivity index (χ4v) is 2.01. The van der Waals surface area contributed by atoms with E-state index in [1.807, 2.05) is 0 Å². The molecule has 0 radical (unpaired) electrons. The summed E-state index contributed by atoms with van der Waals surface area (Å²) in [5, 5.41) is 9.13. The van der Waals surface area contributed by atoms with Crippen LogP contribution >= 0.6 is 0 Å². The molecule has 1 N–H and O–H groups in total. The summed E-state index contributed by atoms with van der Waals surface area (Å²) in [7, 11) is 0. The van der Waals surface area contributed by atoms with Gasteiger partial charge >= 0.3 is 5.97 Å². The third-order valence-electron chi connectivity index (χ3n) is 2.54. The number of hydrogen-bond acceptors (Lipinski definition) is 4. The molecule has 4 nitrogen and oxygen atoms in total. The average molecular weight is 201 g/mol. The second-order valence-electron chi connectivity index (χ2n) is 3.80. The molecule has 0 aromatic carbocycles. The van der Waals surface area contributed by atoms with E-state index < -0.39 is 0 Å². The first-order valence-corrected chi connectivity index (χ1v) is 5.19. The van der Waals surface area contributed by atoms with Gasteiger partial charge in [0.05, 0.1) is 6.61 Å². The van der Waals surface area contributed by atoms with Crippen molar-refractivity contribution >= 4 is 5.97 Å². The Morgan fingerprint density at radius 1 is 1.64 bits per heavy atom. The van der Waals surface area contributed by atoms with E-state index in [1.165, 1.54) is 6.92 Å². The first-order valence-electron chi connectivity index (χ1n) is 5.19. The van der Waals surface area contributed by atoms with Gasteiger partial charge in [0.15, 0.2) is 0 Å². The number of ether oxygens (including phenoxy) is 1. The fourth-order valence-electron chi connectivity index (χ4n) is 2.01. The maximum absolute atomic E-state index is 10.8. The smallest absolute Gasteiger partial charge is 0.302 e. The molecule has 0 aromatic rings. The van der Waals surface area contributed by atoms with Crippen LogP contribution in [-0.4, -0.2) is 47.8 Å². The van der Waals surface area contributed by atoms with Crippen LogP contribution in [0.25, 0.3) is 0 Å². The van der Waals surface area contributed by atoms with Crippen LogP contribution in [-0.2, 0) is 9.53 Å². The average Bonchev–Trinajstić information content (AvgIpc) is 2.47. The molecular formula is C10H19NO3. The predicted octanol–water partition coefficient (Wildman–Crippen LogP) is 0.395. The van der Waals surface area contributed by atoms with Gasteiger partial charge in [-0.15, -0.1) is 0 Å². The van der Waals surface area contributed by atoms with Gasteiger partial charge in [-0.1, -0.05) is 6.92 Å². The molecule has 1 rings (SSSR count). The lowest BCUT2D eigenvalue weighted by Gasteiger charge is -2.20. The molecule has 1 heterocycles. The summed E-state index contributed by atoms with van der Waals surface area (Å²) in [6, 6.07) is 0.166. The zero-order chi connectivity index (χ0) is 10.6. The Kier molecular flexibility index (Phi) is 4.35. The summed E-state index contributed by atoms with van der Waals surface area (Å²) in [6.07, 6.45) is 1.79. The zero-order valence-corrected chi connectivity index (χ0v) is 8.90. The SMILES string of the molecule is CCCN1CC(OC(C)=O)CC1CO. The number of hydrogen-bond donors (Lipinski definition) is 1. The predicted molar refractivity (Wildman–Crippen MR) is 52.9 cm³/mol. The summed E-state index contributed by atoms with van der Waals surface area (Å²) in [6.45, 7) is 5.41. The van der Waals surface area contributed by atoms with Crippen molar-refractivity contribution < 1.29 is 14.6 Å². The molecule has 0 bridgehead atoms. The van der Waals surface area contributed by atoms with Crippen molar-refractivity contribution in [2.24, 2.45) is 0 Å². The molecule has 2 unspecified atom stereocenters. The molecule has 14 heavy (non-hydrogen) atoms. The maximum atomic E-state index is 10.8. The summed E-state index contributed by atoms with van der Waals surface area (Å²) in [5.41, 5.74) is 0. The van der Waals surface area contributed by atoms with E-state index in [-0.39, 0.29) is 24.7 Å². The molecule has 1 aliphatic heterocycles. The normalized spacial score (nSPS) is 27.9. The first kappa shape index (κ1) is 11.5. The van der Waals surface area contributed by atoms with Gasteiger partial charge in [-0.25, -0.2) is 0 Å². The van der Waals surface area contributed by atoms with Gasteiger partial charge in [0.25, 0.3) is 0 Å². The van der Waals surface area contributed by atoms with Gasteiger partial charge in [-0.3, -0.25) is 9.69 Å². The number of aliphatic hydroxyl groups is 1. The van der Waals surface area contributed by atoms with E-state index in [9.17, 15) is 4.79 Å². The lowest BCUT2D eigenvalue weighted by atomic mass is 10.2. The highest BCUT2D eigenvalue weighted by Gasteiger charge is 2.32. The molecule has 0 aliphatic carbocycles. The van der Waals surface area contributed by atoms with Crippen LogP contribution in [0.15, 0.2) is 0 Å². The number of carbonyl (C=O) groups is 1. The van der Waals surface area contributed by atoms with Gasteiger partial charge in [0, 0.05) is 25.9 Å². The lowest BCUT2D eigenvalue weighted by Crippen LogP contribution is -2.33. The van der Waals surface area contributed by atoms with Crippen molar-refractivity contribution in [2.75, 3.05) is 19.7 Å². The standard InChI is InChI=1S/C10H19NO3/c1-3-4-11-6-10(14-8(2)13)5-9(11)7-12/h9-10,12H,3-7H2,1-2H3. The topological polar surface area (TPSA) is 49.8 Å². The van der Waals surface area contributed by atoms with Crippen molar-refractivity contribution in [2.45, 2.75) is 38.8 Å². The number of carbonyl (C=O) groups excluding carboxylic acids is 1. The van der Waals surface area contributed by atoms with Crippen molar-refractivity contribution in [1.29, 1.82) is 0 Å². The van der Waals surface area contributed by atoms with Crippen molar-refractivity contribution in [3.8, 4) is 0 Å². The number of likely N-dealkylation sites (tertiary alicyclic amines) is 1. The first-order chi connectivity index (χ1) is 6.67. The molecule has 4 heteroatoms. The van der Waals surface area contributed by atoms with Crippen LogP contribution in [0.2, 0.25) is 0 Å². The van der Waals surface area contributed by atoms with Crippen molar-refractivity contribution in [3.63, 3.8) is 0 Å². The highest BCUT2D eigenvalue weighted by Crippen LogP contribution is 2.20. The minimum Gasteiger partial charge on any atom is -0.461 e. The molecule has 1 aliphatic rings. The van der Waals surface area contributed by atoms with Gasteiger partial charge in [-0.2, -0.15) is 0 Å². The van der Waals surface area contributed by atoms with Crippen molar-refractivity contribution in [1.82, 2.24) is 4.90 Å². The molecule has 0 aromatic heterocycles. The van der Waals surface area contributed by atoms with Gasteiger partial charge in [-0.05, 0) is 13.0 Å². The van der Waals surface area contributed by atoms with Crippen LogP contribution in [0.4, 0.5) is 0 Å². The molecule has 0 spiro atoms. The number of rotatable bonds is 4. The van der Waals surface area contributed by atoms with Crippen LogP contribution in [0.3, 0.4) is 0 Å². The van der Waals surface area contributed by atoms with Gasteiger partial charge in [0.2, 0.25) is 0 Å². The Bertz CT molecular complexity index is 196. The monoisotopic (exact) mass is 201 g/mol. The third-order valence-corrected chi connectivity index (χ3v) is 2.54. The summed E-state index contributed by atoms with van der Waals surface area (Å²) < 4.78 is 5.13. The second-order valence-corrected chi connectivity index (χ2v) is 3.80.